The van der Waals surface area contributed by atoms with Gasteiger partial charge in [0.15, 0.2) is 0 Å². The van der Waals surface area contributed by atoms with Crippen molar-refractivity contribution in [2.24, 2.45) is 0 Å². The molecule has 2 aliphatic rings. The quantitative estimate of drug-likeness (QED) is 0.229. The van der Waals surface area contributed by atoms with Gasteiger partial charge in [-0.25, -0.2) is 0 Å². The van der Waals surface area contributed by atoms with Crippen LogP contribution in [-0.2, 0) is 0 Å². The predicted octanol–water partition coefficient (Wildman–Crippen LogP) is 8.78. The molecule has 8 rings (SSSR count). The molecule has 0 atom stereocenters. The van der Waals surface area contributed by atoms with Crippen molar-refractivity contribution in [3.05, 3.63) is 60.7 Å². The zero-order valence-electron chi connectivity index (χ0n) is 19.1. The Morgan fingerprint density at radius 3 is 1.32 bits per heavy atom. The first-order chi connectivity index (χ1) is 16.8. The number of thiophene rings is 2. The highest BCUT2D eigenvalue weighted by Crippen LogP contribution is 2.41. The molecular weight excluding hydrogens is 452 g/mol. The van der Waals surface area contributed by atoms with Crippen molar-refractivity contribution >= 4 is 85.2 Å². The minimum absolute atomic E-state index is 1.21. The normalized spacial score (nSPS) is 16.9. The highest BCUT2D eigenvalue weighted by molar-refractivity contribution is 7.23. The highest BCUT2D eigenvalue weighted by atomic mass is 32.1. The van der Waals surface area contributed by atoms with Gasteiger partial charge in [0, 0.05) is 35.6 Å². The molecular formula is C30H26N2S2. The topological polar surface area (TPSA) is 6.48 Å². The molecule has 34 heavy (non-hydrogen) atoms. The van der Waals surface area contributed by atoms with Crippen LogP contribution < -0.4 is 9.80 Å². The van der Waals surface area contributed by atoms with Gasteiger partial charge in [0.1, 0.15) is 0 Å². The molecule has 0 bridgehead atoms. The zero-order valence-corrected chi connectivity index (χ0v) is 20.8. The SMILES string of the molecule is c1c(N2CCCC2)sc2cc3c(ccc4c5cc6sc(N7CCCC7)cc6cc5ccc34)cc12. The van der Waals surface area contributed by atoms with Gasteiger partial charge in [0.05, 0.1) is 10.0 Å². The van der Waals surface area contributed by atoms with E-state index in [-0.39, 0.29) is 0 Å². The first-order valence-corrected chi connectivity index (χ1v) is 14.2. The van der Waals surface area contributed by atoms with E-state index in [1.165, 1.54) is 114 Å². The van der Waals surface area contributed by atoms with Crippen molar-refractivity contribution in [3.8, 4) is 0 Å². The first kappa shape index (κ1) is 19.5. The molecule has 0 saturated carbocycles. The molecule has 2 fully saturated rings. The van der Waals surface area contributed by atoms with Gasteiger partial charge in [0.2, 0.25) is 0 Å². The van der Waals surface area contributed by atoms with Crippen molar-refractivity contribution in [3.63, 3.8) is 0 Å². The largest absolute Gasteiger partial charge is 0.363 e. The van der Waals surface area contributed by atoms with Crippen LogP contribution >= 0.6 is 22.7 Å². The fourth-order valence-corrected chi connectivity index (χ4v) is 8.38. The molecule has 2 nitrogen and oxygen atoms in total. The standard InChI is InChI=1S/C30H26N2S2/c1-2-10-31(9-1)29-15-21-13-19-5-7-24-23(25(19)17-27(21)33-29)8-6-20-14-22-16-30(32-11-3-4-12-32)34-28(22)18-26(20)24/h5-8,13-18H,1-4,9-12H2. The van der Waals surface area contributed by atoms with E-state index in [1.807, 2.05) is 22.7 Å². The Morgan fingerprint density at radius 2 is 0.882 bits per heavy atom. The molecule has 0 amide bonds. The number of anilines is 2. The molecule has 0 spiro atoms. The van der Waals surface area contributed by atoms with E-state index in [0.717, 1.165) is 0 Å². The summed E-state index contributed by atoms with van der Waals surface area (Å²) in [6, 6.07) is 23.8. The average Bonchev–Trinajstić information content (AvgIpc) is 3.66. The fraction of sp³-hybridized carbons (Fsp3) is 0.267. The second-order valence-corrected chi connectivity index (χ2v) is 12.1. The lowest BCUT2D eigenvalue weighted by atomic mass is 9.96. The van der Waals surface area contributed by atoms with Crippen LogP contribution in [0.3, 0.4) is 0 Å². The number of hydrogen-bond donors (Lipinski definition) is 0. The predicted molar refractivity (Wildman–Crippen MR) is 153 cm³/mol. The van der Waals surface area contributed by atoms with E-state index < -0.39 is 0 Å². The summed E-state index contributed by atoms with van der Waals surface area (Å²) in [5.74, 6) is 0. The van der Waals surface area contributed by atoms with Gasteiger partial charge in [-0.1, -0.05) is 24.3 Å². The van der Waals surface area contributed by atoms with Crippen molar-refractivity contribution < 1.29 is 0 Å². The molecule has 0 aliphatic carbocycles. The third kappa shape index (κ3) is 2.91. The molecule has 2 aliphatic heterocycles. The van der Waals surface area contributed by atoms with Gasteiger partial charge in [-0.05, 0) is 105 Å². The molecule has 2 aromatic heterocycles. The minimum atomic E-state index is 1.21. The zero-order chi connectivity index (χ0) is 22.2. The third-order valence-electron chi connectivity index (χ3n) is 7.92. The van der Waals surface area contributed by atoms with Crippen LogP contribution in [0.2, 0.25) is 0 Å². The molecule has 4 heteroatoms. The molecule has 4 aromatic carbocycles. The maximum Gasteiger partial charge on any atom is 0.0920 e. The number of benzene rings is 4. The van der Waals surface area contributed by atoms with Crippen LogP contribution in [-0.4, -0.2) is 26.2 Å². The summed E-state index contributed by atoms with van der Waals surface area (Å²) < 4.78 is 2.82. The van der Waals surface area contributed by atoms with E-state index in [4.69, 9.17) is 0 Å². The van der Waals surface area contributed by atoms with Gasteiger partial charge in [-0.15, -0.1) is 22.7 Å². The lowest BCUT2D eigenvalue weighted by Gasteiger charge is -2.13. The first-order valence-electron chi connectivity index (χ1n) is 12.6. The summed E-state index contributed by atoms with van der Waals surface area (Å²) in [5, 5.41) is 13.8. The summed E-state index contributed by atoms with van der Waals surface area (Å²) in [4.78, 5) is 5.12. The van der Waals surface area contributed by atoms with Gasteiger partial charge in [0.25, 0.3) is 0 Å². The van der Waals surface area contributed by atoms with Gasteiger partial charge >= 0.3 is 0 Å². The maximum absolute atomic E-state index is 2.56. The molecule has 0 radical (unpaired) electrons. The van der Waals surface area contributed by atoms with Crippen molar-refractivity contribution in [1.29, 1.82) is 0 Å². The minimum Gasteiger partial charge on any atom is -0.363 e. The number of rotatable bonds is 2. The maximum atomic E-state index is 2.56. The number of hydrogen-bond acceptors (Lipinski definition) is 4. The second-order valence-electron chi connectivity index (χ2n) is 10.0. The summed E-state index contributed by atoms with van der Waals surface area (Å²) in [7, 11) is 0. The van der Waals surface area contributed by atoms with Crippen LogP contribution in [0, 0.1) is 0 Å². The van der Waals surface area contributed by atoms with Crippen molar-refractivity contribution in [2.45, 2.75) is 25.7 Å². The van der Waals surface area contributed by atoms with E-state index in [0.29, 0.717) is 0 Å². The third-order valence-corrected chi connectivity index (χ3v) is 10.2. The highest BCUT2D eigenvalue weighted by Gasteiger charge is 2.17. The molecule has 2 saturated heterocycles. The Kier molecular flexibility index (Phi) is 4.20. The Bertz CT molecular complexity index is 1600. The van der Waals surface area contributed by atoms with Crippen LogP contribution in [0.25, 0.3) is 52.5 Å². The summed E-state index contributed by atoms with van der Waals surface area (Å²) in [5.41, 5.74) is 0. The lowest BCUT2D eigenvalue weighted by Crippen LogP contribution is -2.15. The van der Waals surface area contributed by atoms with Crippen molar-refractivity contribution in [1.82, 2.24) is 0 Å². The summed E-state index contributed by atoms with van der Waals surface area (Å²) >= 11 is 3.92. The van der Waals surface area contributed by atoms with E-state index in [2.05, 4.69) is 70.5 Å². The molecule has 0 unspecified atom stereocenters. The van der Waals surface area contributed by atoms with Crippen LogP contribution in [0.4, 0.5) is 10.0 Å². The van der Waals surface area contributed by atoms with Crippen LogP contribution in [0.15, 0.2) is 60.7 Å². The van der Waals surface area contributed by atoms with E-state index in [1.54, 1.807) is 0 Å². The van der Waals surface area contributed by atoms with Gasteiger partial charge < -0.3 is 9.80 Å². The number of fused-ring (bicyclic) bond motifs is 7. The summed E-state index contributed by atoms with van der Waals surface area (Å²) in [6.07, 6.45) is 5.30. The Labute approximate surface area is 207 Å². The second kappa shape index (κ2) is 7.34. The van der Waals surface area contributed by atoms with Crippen LogP contribution in [0.5, 0.6) is 0 Å². The van der Waals surface area contributed by atoms with Gasteiger partial charge in [-0.2, -0.15) is 0 Å². The fourth-order valence-electron chi connectivity index (χ4n) is 6.11. The monoisotopic (exact) mass is 478 g/mol. The molecule has 0 N–H and O–H groups in total. The number of nitrogens with zero attached hydrogens (tertiary/aromatic N) is 2. The van der Waals surface area contributed by atoms with E-state index >= 15 is 0 Å². The Balaban J connectivity index is 1.32. The van der Waals surface area contributed by atoms with Crippen LogP contribution in [0.1, 0.15) is 25.7 Å². The Hall–Kier alpha value is -2.82. The summed E-state index contributed by atoms with van der Waals surface area (Å²) in [6.45, 7) is 4.83. The smallest absolute Gasteiger partial charge is 0.0920 e. The average molecular weight is 479 g/mol. The molecule has 4 heterocycles. The Morgan fingerprint density at radius 1 is 0.441 bits per heavy atom. The van der Waals surface area contributed by atoms with E-state index in [9.17, 15) is 0 Å². The van der Waals surface area contributed by atoms with Crippen molar-refractivity contribution in [2.75, 3.05) is 36.0 Å². The molecule has 168 valence electrons. The lowest BCUT2D eigenvalue weighted by molar-refractivity contribution is 0.949. The molecule has 6 aromatic rings. The van der Waals surface area contributed by atoms with Gasteiger partial charge in [-0.3, -0.25) is 0 Å².